The summed E-state index contributed by atoms with van der Waals surface area (Å²) < 4.78 is 67.4. The second-order valence-electron chi connectivity index (χ2n) is 7.98. The molecule has 0 radical (unpaired) electrons. The quantitative estimate of drug-likeness (QED) is 0.696. The lowest BCUT2D eigenvalue weighted by atomic mass is 9.84. The van der Waals surface area contributed by atoms with Crippen LogP contribution in [-0.4, -0.2) is 43.9 Å². The highest BCUT2D eigenvalue weighted by Gasteiger charge is 2.46. The van der Waals surface area contributed by atoms with Gasteiger partial charge in [-0.25, -0.2) is 8.42 Å². The SMILES string of the molecule is O=C(NC1CCCCC1C(F)(F)F)c1ccc(Cl)c(S(=O)(=O)N2CCCCCC2)c1. The minimum absolute atomic E-state index is 0.0124. The predicted molar refractivity (Wildman–Crippen MR) is 108 cm³/mol. The molecule has 1 heterocycles. The molecule has 3 rings (SSSR count). The Morgan fingerprint density at radius 1 is 1.03 bits per heavy atom. The van der Waals surface area contributed by atoms with E-state index in [1.165, 1.54) is 22.5 Å². The molecule has 1 saturated heterocycles. The number of hydrogen-bond donors (Lipinski definition) is 1. The van der Waals surface area contributed by atoms with E-state index in [1.54, 1.807) is 0 Å². The molecular formula is C20H26ClF3N2O3S. The first kappa shape index (κ1) is 23.3. The average molecular weight is 467 g/mol. The molecule has 1 N–H and O–H groups in total. The Labute approximate surface area is 180 Å². The van der Waals surface area contributed by atoms with Crippen LogP contribution >= 0.6 is 11.6 Å². The molecule has 1 aromatic rings. The first-order valence-corrected chi connectivity index (χ1v) is 12.1. The summed E-state index contributed by atoms with van der Waals surface area (Å²) in [5, 5.41) is 2.46. The van der Waals surface area contributed by atoms with Crippen LogP contribution in [0.5, 0.6) is 0 Å². The largest absolute Gasteiger partial charge is 0.393 e. The van der Waals surface area contributed by atoms with Crippen molar-refractivity contribution >= 4 is 27.5 Å². The maximum absolute atomic E-state index is 13.3. The topological polar surface area (TPSA) is 66.5 Å². The van der Waals surface area contributed by atoms with Gasteiger partial charge in [-0.3, -0.25) is 4.79 Å². The van der Waals surface area contributed by atoms with E-state index in [1.807, 2.05) is 0 Å². The molecule has 168 valence electrons. The number of nitrogens with zero attached hydrogens (tertiary/aromatic N) is 1. The van der Waals surface area contributed by atoms with E-state index in [0.29, 0.717) is 25.9 Å². The normalized spacial score (nSPS) is 24.3. The van der Waals surface area contributed by atoms with E-state index in [0.717, 1.165) is 25.7 Å². The number of sulfonamides is 1. The fourth-order valence-electron chi connectivity index (χ4n) is 4.21. The van der Waals surface area contributed by atoms with Gasteiger partial charge in [-0.2, -0.15) is 17.5 Å². The fraction of sp³-hybridized carbons (Fsp3) is 0.650. The van der Waals surface area contributed by atoms with Crippen molar-refractivity contribution in [2.75, 3.05) is 13.1 Å². The van der Waals surface area contributed by atoms with Crippen molar-refractivity contribution in [3.63, 3.8) is 0 Å². The maximum atomic E-state index is 13.3. The zero-order chi connectivity index (χ0) is 21.9. The van der Waals surface area contributed by atoms with Gasteiger partial charge in [-0.05, 0) is 43.9 Å². The van der Waals surface area contributed by atoms with Crippen molar-refractivity contribution in [2.45, 2.75) is 68.5 Å². The monoisotopic (exact) mass is 466 g/mol. The summed E-state index contributed by atoms with van der Waals surface area (Å²) in [5.41, 5.74) is -0.0145. The number of hydrogen-bond acceptors (Lipinski definition) is 3. The maximum Gasteiger partial charge on any atom is 0.393 e. The summed E-state index contributed by atoms with van der Waals surface area (Å²) in [4.78, 5) is 12.5. The number of rotatable bonds is 4. The molecular weight excluding hydrogens is 441 g/mol. The molecule has 0 bridgehead atoms. The van der Waals surface area contributed by atoms with E-state index in [9.17, 15) is 26.4 Å². The molecule has 0 aromatic heterocycles. The third-order valence-electron chi connectivity index (χ3n) is 5.88. The molecule has 10 heteroatoms. The number of carbonyl (C=O) groups is 1. The number of amides is 1. The molecule has 2 atom stereocenters. The van der Waals surface area contributed by atoms with Gasteiger partial charge in [-0.1, -0.05) is 37.3 Å². The van der Waals surface area contributed by atoms with Crippen molar-refractivity contribution in [3.05, 3.63) is 28.8 Å². The molecule has 30 heavy (non-hydrogen) atoms. The Morgan fingerprint density at radius 3 is 2.30 bits per heavy atom. The zero-order valence-corrected chi connectivity index (χ0v) is 18.1. The van der Waals surface area contributed by atoms with Gasteiger partial charge in [0, 0.05) is 24.7 Å². The standard InChI is InChI=1S/C20H26ClF3N2O3S/c21-16-10-9-14(13-18(16)30(28,29)26-11-5-1-2-6-12-26)19(27)25-17-8-4-3-7-15(17)20(22,23)24/h9-10,13,15,17H,1-8,11-12H2,(H,25,27). The minimum Gasteiger partial charge on any atom is -0.349 e. The molecule has 5 nitrogen and oxygen atoms in total. The molecule has 1 aliphatic carbocycles. The molecule has 0 spiro atoms. The Hall–Kier alpha value is -1.32. The van der Waals surface area contributed by atoms with Crippen LogP contribution in [0.15, 0.2) is 23.1 Å². The molecule has 1 aromatic carbocycles. The zero-order valence-electron chi connectivity index (χ0n) is 16.5. The highest BCUT2D eigenvalue weighted by molar-refractivity contribution is 7.89. The van der Waals surface area contributed by atoms with Crippen LogP contribution in [0.4, 0.5) is 13.2 Å². The van der Waals surface area contributed by atoms with Crippen molar-refractivity contribution in [1.29, 1.82) is 0 Å². The predicted octanol–water partition coefficient (Wildman–Crippen LogP) is 4.76. The van der Waals surface area contributed by atoms with E-state index < -0.39 is 34.1 Å². The lowest BCUT2D eigenvalue weighted by Gasteiger charge is -2.33. The summed E-state index contributed by atoms with van der Waals surface area (Å²) in [6, 6.07) is 2.80. The van der Waals surface area contributed by atoms with Gasteiger partial charge in [0.05, 0.1) is 10.9 Å². The van der Waals surface area contributed by atoms with E-state index in [4.69, 9.17) is 11.6 Å². The number of alkyl halides is 3. The van der Waals surface area contributed by atoms with Crippen LogP contribution < -0.4 is 5.32 Å². The Kier molecular flexibility index (Phi) is 7.35. The van der Waals surface area contributed by atoms with Crippen LogP contribution in [0, 0.1) is 5.92 Å². The van der Waals surface area contributed by atoms with Crippen molar-refractivity contribution < 1.29 is 26.4 Å². The van der Waals surface area contributed by atoms with Gasteiger partial charge in [0.25, 0.3) is 5.91 Å². The molecule has 2 aliphatic rings. The first-order valence-electron chi connectivity index (χ1n) is 10.3. The second kappa shape index (κ2) is 9.44. The molecule has 2 unspecified atom stereocenters. The number of benzene rings is 1. The Balaban J connectivity index is 1.82. The van der Waals surface area contributed by atoms with Gasteiger partial charge in [0.15, 0.2) is 0 Å². The lowest BCUT2D eigenvalue weighted by molar-refractivity contribution is -0.187. The van der Waals surface area contributed by atoms with E-state index >= 15 is 0 Å². The summed E-state index contributed by atoms with van der Waals surface area (Å²) in [6.45, 7) is 0.759. The molecule has 2 fully saturated rings. The van der Waals surface area contributed by atoms with Gasteiger partial charge in [-0.15, -0.1) is 0 Å². The van der Waals surface area contributed by atoms with Gasteiger partial charge >= 0.3 is 6.18 Å². The van der Waals surface area contributed by atoms with Crippen molar-refractivity contribution in [3.8, 4) is 0 Å². The first-order chi connectivity index (χ1) is 14.1. The summed E-state index contributed by atoms with van der Waals surface area (Å²) in [6.07, 6.45) is 0.289. The van der Waals surface area contributed by atoms with E-state index in [2.05, 4.69) is 5.32 Å². The van der Waals surface area contributed by atoms with Gasteiger partial charge in [0.2, 0.25) is 10.0 Å². The summed E-state index contributed by atoms with van der Waals surface area (Å²) >= 11 is 6.13. The van der Waals surface area contributed by atoms with Crippen molar-refractivity contribution in [1.82, 2.24) is 9.62 Å². The smallest absolute Gasteiger partial charge is 0.349 e. The van der Waals surface area contributed by atoms with Crippen LogP contribution in [0.1, 0.15) is 61.7 Å². The minimum atomic E-state index is -4.39. The second-order valence-corrected chi connectivity index (χ2v) is 10.3. The van der Waals surface area contributed by atoms with Crippen LogP contribution in [0.25, 0.3) is 0 Å². The highest BCUT2D eigenvalue weighted by atomic mass is 35.5. The third kappa shape index (κ3) is 5.29. The third-order valence-corrected chi connectivity index (χ3v) is 8.26. The number of carbonyl (C=O) groups excluding carboxylic acids is 1. The number of nitrogens with one attached hydrogen (secondary N) is 1. The van der Waals surface area contributed by atoms with Gasteiger partial charge in [0.1, 0.15) is 4.90 Å². The molecule has 1 saturated carbocycles. The summed E-state index contributed by atoms with van der Waals surface area (Å²) in [5.74, 6) is -2.32. The van der Waals surface area contributed by atoms with Gasteiger partial charge < -0.3 is 5.32 Å². The summed E-state index contributed by atoms with van der Waals surface area (Å²) in [7, 11) is -3.90. The van der Waals surface area contributed by atoms with Crippen LogP contribution in [0.3, 0.4) is 0 Å². The number of halogens is 4. The van der Waals surface area contributed by atoms with Crippen molar-refractivity contribution in [2.24, 2.45) is 5.92 Å². The lowest BCUT2D eigenvalue weighted by Crippen LogP contribution is -2.47. The van der Waals surface area contributed by atoms with Crippen LogP contribution in [-0.2, 0) is 10.0 Å². The van der Waals surface area contributed by atoms with Crippen LogP contribution in [0.2, 0.25) is 5.02 Å². The highest BCUT2D eigenvalue weighted by Crippen LogP contribution is 2.38. The fourth-order valence-corrected chi connectivity index (χ4v) is 6.23. The Bertz CT molecular complexity index is 869. The average Bonchev–Trinajstić information content (AvgIpc) is 2.98. The molecule has 1 amide bonds. The van der Waals surface area contributed by atoms with E-state index in [-0.39, 0.29) is 28.3 Å². The Morgan fingerprint density at radius 2 is 1.67 bits per heavy atom. The molecule has 1 aliphatic heterocycles.